The minimum atomic E-state index is 0.224. The third-order valence-electron chi connectivity index (χ3n) is 8.50. The van der Waals surface area contributed by atoms with Crippen LogP contribution in [0.2, 0.25) is 0 Å². The molecular weight excluding hydrogens is 360 g/mol. The Morgan fingerprint density at radius 1 is 1.12 bits per heavy atom. The number of fused-ring (bicyclic) bond motifs is 5. The number of carbonyl (C=O) groups excluding carboxylic acids is 1. The van der Waals surface area contributed by atoms with Crippen molar-refractivity contribution in [2.75, 3.05) is 19.6 Å². The predicted molar refractivity (Wildman–Crippen MR) is 113 cm³/mol. The Morgan fingerprint density at radius 2 is 1.92 bits per heavy atom. The van der Waals surface area contributed by atoms with Crippen LogP contribution < -0.4 is 0 Å². The van der Waals surface area contributed by atoms with Gasteiger partial charge in [-0.3, -0.25) is 4.79 Å². The molecule has 0 aromatic rings. The topological polar surface area (TPSA) is 26.3 Å². The number of Topliss-reactive ketones (excluding diaryl/α,β-unsaturated/α-hetero) is 1. The number of ketones is 1. The SMILES string of the molecule is CO[C@H]1CC[C@@]2(SC)C(=CCC3C2CC[C@@]2(SC)C3CC[C@@H]2C(C)=O)C1. The second-order valence-electron chi connectivity index (χ2n) is 8.97. The van der Waals surface area contributed by atoms with Crippen molar-refractivity contribution in [2.45, 2.75) is 73.9 Å². The molecule has 0 spiro atoms. The first-order valence-corrected chi connectivity index (χ1v) is 12.8. The fourth-order valence-electron chi connectivity index (χ4n) is 7.36. The number of rotatable bonds is 4. The van der Waals surface area contributed by atoms with E-state index in [-0.39, 0.29) is 4.75 Å². The monoisotopic (exact) mass is 394 g/mol. The number of methoxy groups -OCH3 is 1. The highest BCUT2D eigenvalue weighted by Crippen LogP contribution is 2.66. The molecular formula is C22H34O2S2. The number of hydrogen-bond donors (Lipinski definition) is 0. The molecule has 4 aliphatic carbocycles. The van der Waals surface area contributed by atoms with Crippen molar-refractivity contribution in [2.24, 2.45) is 23.7 Å². The summed E-state index contributed by atoms with van der Waals surface area (Å²) in [6, 6.07) is 0. The largest absolute Gasteiger partial charge is 0.381 e. The summed E-state index contributed by atoms with van der Waals surface area (Å²) in [6.07, 6.45) is 17.4. The van der Waals surface area contributed by atoms with Crippen LogP contribution in [0.4, 0.5) is 0 Å². The highest BCUT2D eigenvalue weighted by atomic mass is 32.2. The summed E-state index contributed by atoms with van der Waals surface area (Å²) < 4.78 is 6.29. The lowest BCUT2D eigenvalue weighted by Crippen LogP contribution is -2.56. The maximum absolute atomic E-state index is 12.4. The van der Waals surface area contributed by atoms with Crippen LogP contribution in [-0.2, 0) is 9.53 Å². The van der Waals surface area contributed by atoms with Crippen molar-refractivity contribution in [1.29, 1.82) is 0 Å². The second kappa shape index (κ2) is 7.15. The first kappa shape index (κ1) is 19.4. The van der Waals surface area contributed by atoms with Gasteiger partial charge in [-0.1, -0.05) is 11.6 Å². The van der Waals surface area contributed by atoms with Gasteiger partial charge in [0.25, 0.3) is 0 Å². The Labute approximate surface area is 167 Å². The molecule has 146 valence electrons. The van der Waals surface area contributed by atoms with Gasteiger partial charge in [0.05, 0.1) is 6.10 Å². The third-order valence-corrected chi connectivity index (χ3v) is 11.5. The summed E-state index contributed by atoms with van der Waals surface area (Å²) in [5.41, 5.74) is 1.68. The summed E-state index contributed by atoms with van der Waals surface area (Å²) >= 11 is 4.15. The van der Waals surface area contributed by atoms with E-state index in [1.807, 2.05) is 25.8 Å². The Morgan fingerprint density at radius 3 is 2.58 bits per heavy atom. The zero-order valence-corrected chi connectivity index (χ0v) is 18.4. The number of hydrogen-bond acceptors (Lipinski definition) is 4. The number of thioether (sulfide) groups is 2. The van der Waals surface area contributed by atoms with Gasteiger partial charge in [-0.2, -0.15) is 23.5 Å². The quantitative estimate of drug-likeness (QED) is 0.600. The minimum absolute atomic E-state index is 0.224. The highest BCUT2D eigenvalue weighted by Gasteiger charge is 2.62. The van der Waals surface area contributed by atoms with E-state index in [0.717, 1.165) is 30.6 Å². The van der Waals surface area contributed by atoms with E-state index in [9.17, 15) is 4.79 Å². The maximum Gasteiger partial charge on any atom is 0.134 e. The fourth-order valence-corrected chi connectivity index (χ4v) is 10.2. The summed E-state index contributed by atoms with van der Waals surface area (Å²) in [5.74, 6) is 3.03. The highest BCUT2D eigenvalue weighted by molar-refractivity contribution is 8.00. The first-order valence-electron chi connectivity index (χ1n) is 10.4. The van der Waals surface area contributed by atoms with Gasteiger partial charge in [0.2, 0.25) is 0 Å². The molecule has 26 heavy (non-hydrogen) atoms. The molecule has 0 aliphatic heterocycles. The Balaban J connectivity index is 1.68. The van der Waals surface area contributed by atoms with Gasteiger partial charge in [-0.15, -0.1) is 0 Å². The smallest absolute Gasteiger partial charge is 0.134 e. The van der Waals surface area contributed by atoms with E-state index in [1.54, 1.807) is 5.57 Å². The van der Waals surface area contributed by atoms with Gasteiger partial charge >= 0.3 is 0 Å². The molecule has 0 bridgehead atoms. The van der Waals surface area contributed by atoms with Gasteiger partial charge in [-0.25, -0.2) is 0 Å². The summed E-state index contributed by atoms with van der Waals surface area (Å²) in [5, 5.41) is 0. The molecule has 0 radical (unpaired) electrons. The van der Waals surface area contributed by atoms with Crippen LogP contribution in [0.3, 0.4) is 0 Å². The molecule has 0 N–H and O–H groups in total. The molecule has 7 atom stereocenters. The Hall–Kier alpha value is 0.0700. The average molecular weight is 395 g/mol. The Kier molecular flexibility index (Phi) is 5.33. The molecule has 3 fully saturated rings. The summed E-state index contributed by atoms with van der Waals surface area (Å²) in [7, 11) is 1.87. The lowest BCUT2D eigenvalue weighted by Gasteiger charge is -2.58. The number of ether oxygens (including phenoxy) is 1. The zero-order valence-electron chi connectivity index (χ0n) is 16.8. The zero-order chi connectivity index (χ0) is 18.5. The molecule has 4 aliphatic rings. The first-order chi connectivity index (χ1) is 12.5. The van der Waals surface area contributed by atoms with E-state index < -0.39 is 0 Å². The lowest BCUT2D eigenvalue weighted by molar-refractivity contribution is -0.121. The van der Waals surface area contributed by atoms with E-state index in [0.29, 0.717) is 22.6 Å². The van der Waals surface area contributed by atoms with Gasteiger partial charge in [0.15, 0.2) is 0 Å². The molecule has 3 unspecified atom stereocenters. The van der Waals surface area contributed by atoms with E-state index in [1.165, 1.54) is 38.5 Å². The van der Waals surface area contributed by atoms with Crippen molar-refractivity contribution < 1.29 is 9.53 Å². The summed E-state index contributed by atoms with van der Waals surface area (Å²) in [4.78, 5) is 12.4. The van der Waals surface area contributed by atoms with Crippen LogP contribution in [0.1, 0.15) is 58.3 Å². The van der Waals surface area contributed by atoms with Crippen LogP contribution in [0.5, 0.6) is 0 Å². The van der Waals surface area contributed by atoms with E-state index in [4.69, 9.17) is 4.74 Å². The fraction of sp³-hybridized carbons (Fsp3) is 0.864. The van der Waals surface area contributed by atoms with Crippen molar-refractivity contribution in [3.8, 4) is 0 Å². The summed E-state index contributed by atoms with van der Waals surface area (Å²) in [6.45, 7) is 1.84. The molecule has 0 aromatic heterocycles. The van der Waals surface area contributed by atoms with Crippen molar-refractivity contribution >= 4 is 29.3 Å². The van der Waals surface area contributed by atoms with Crippen LogP contribution >= 0.6 is 23.5 Å². The second-order valence-corrected chi connectivity index (χ2v) is 11.3. The van der Waals surface area contributed by atoms with Crippen LogP contribution in [-0.4, -0.2) is 41.0 Å². The molecule has 0 amide bonds. The van der Waals surface area contributed by atoms with Gasteiger partial charge in [0.1, 0.15) is 5.78 Å². The molecule has 4 rings (SSSR count). The molecule has 3 saturated carbocycles. The van der Waals surface area contributed by atoms with Gasteiger partial charge < -0.3 is 4.74 Å². The number of allylic oxidation sites excluding steroid dienone is 1. The van der Waals surface area contributed by atoms with E-state index >= 15 is 0 Å². The van der Waals surface area contributed by atoms with Gasteiger partial charge in [-0.05, 0) is 88.6 Å². The normalized spacial score (nSPS) is 47.5. The van der Waals surface area contributed by atoms with Crippen molar-refractivity contribution in [3.63, 3.8) is 0 Å². The Bertz CT molecular complexity index is 603. The molecule has 0 aromatic carbocycles. The van der Waals surface area contributed by atoms with Crippen molar-refractivity contribution in [3.05, 3.63) is 11.6 Å². The average Bonchev–Trinajstić information content (AvgIpc) is 3.07. The van der Waals surface area contributed by atoms with Crippen LogP contribution in [0.15, 0.2) is 11.6 Å². The maximum atomic E-state index is 12.4. The van der Waals surface area contributed by atoms with Crippen LogP contribution in [0.25, 0.3) is 0 Å². The van der Waals surface area contributed by atoms with Crippen molar-refractivity contribution in [1.82, 2.24) is 0 Å². The third kappa shape index (κ3) is 2.61. The number of carbonyl (C=O) groups is 1. The minimum Gasteiger partial charge on any atom is -0.381 e. The standard InChI is InChI=1S/C22H34O2S2/c1-14(23)18-7-8-19-17-6-5-15-13-16(24-2)9-11-21(15,25-3)20(17)10-12-22(18,19)26-4/h5,16-20H,6-13H2,1-4H3/t16-,17?,18+,19?,20?,21+,22-/m0/s1. The van der Waals surface area contributed by atoms with Gasteiger partial charge in [0, 0.05) is 22.5 Å². The predicted octanol–water partition coefficient (Wildman–Crippen LogP) is 5.36. The van der Waals surface area contributed by atoms with E-state index in [2.05, 4.69) is 30.3 Å². The van der Waals surface area contributed by atoms with Crippen LogP contribution in [0, 0.1) is 23.7 Å². The lowest BCUT2D eigenvalue weighted by atomic mass is 9.55. The molecule has 0 heterocycles. The molecule has 4 heteroatoms. The molecule has 2 nitrogen and oxygen atoms in total. The molecule has 0 saturated heterocycles.